The first-order valence-electron chi connectivity index (χ1n) is 10.6. The Morgan fingerprint density at radius 2 is 1.50 bits per heavy atom. The Labute approximate surface area is 180 Å². The van der Waals surface area contributed by atoms with Gasteiger partial charge >= 0.3 is 0 Å². The van der Waals surface area contributed by atoms with Crippen LogP contribution in [0.25, 0.3) is 4.96 Å². The molecule has 152 valence electrons. The topological polar surface area (TPSA) is 37.6 Å². The van der Waals surface area contributed by atoms with E-state index < -0.39 is 0 Å². The second kappa shape index (κ2) is 8.54. The Balaban J connectivity index is 1.46. The first-order valence-corrected chi connectivity index (χ1v) is 11.4. The van der Waals surface area contributed by atoms with Crippen LogP contribution < -0.4 is 5.56 Å². The molecule has 0 atom stereocenters. The van der Waals surface area contributed by atoms with Crippen LogP contribution >= 0.6 is 11.3 Å². The first-order chi connectivity index (χ1) is 14.8. The predicted molar refractivity (Wildman–Crippen MR) is 122 cm³/mol. The van der Waals surface area contributed by atoms with Crippen LogP contribution in [0.5, 0.6) is 0 Å². The third-order valence-electron chi connectivity index (χ3n) is 5.70. The van der Waals surface area contributed by atoms with Crippen molar-refractivity contribution >= 4 is 16.3 Å². The second-order valence-corrected chi connectivity index (χ2v) is 9.06. The van der Waals surface area contributed by atoms with Gasteiger partial charge < -0.3 is 0 Å². The number of rotatable bonds is 6. The molecule has 0 saturated heterocycles. The van der Waals surface area contributed by atoms with Crippen molar-refractivity contribution in [3.05, 3.63) is 104 Å². The van der Waals surface area contributed by atoms with Crippen molar-refractivity contribution in [2.75, 3.05) is 0 Å². The van der Waals surface area contributed by atoms with Gasteiger partial charge in [-0.25, -0.2) is 4.98 Å². The Bertz CT molecular complexity index is 1160. The van der Waals surface area contributed by atoms with Gasteiger partial charge in [0, 0.05) is 36.3 Å². The minimum Gasteiger partial charge on any atom is -0.289 e. The van der Waals surface area contributed by atoms with Crippen LogP contribution in [0.1, 0.15) is 40.2 Å². The Morgan fingerprint density at radius 3 is 2.17 bits per heavy atom. The number of aromatic nitrogens is 2. The third kappa shape index (κ3) is 4.09. The largest absolute Gasteiger partial charge is 0.289 e. The van der Waals surface area contributed by atoms with Crippen LogP contribution in [-0.4, -0.2) is 14.3 Å². The van der Waals surface area contributed by atoms with Gasteiger partial charge in [0.15, 0.2) is 4.96 Å². The molecule has 0 bridgehead atoms. The summed E-state index contributed by atoms with van der Waals surface area (Å²) >= 11 is 1.70. The normalized spacial score (nSPS) is 13.6. The minimum atomic E-state index is 0.0637. The van der Waals surface area contributed by atoms with Crippen molar-refractivity contribution in [2.24, 2.45) is 0 Å². The lowest BCUT2D eigenvalue weighted by Crippen LogP contribution is -2.25. The number of thiazole rings is 1. The highest BCUT2D eigenvalue weighted by atomic mass is 32.1. The van der Waals surface area contributed by atoms with Gasteiger partial charge in [-0.3, -0.25) is 14.1 Å². The summed E-state index contributed by atoms with van der Waals surface area (Å²) in [4.78, 5) is 22.4. The SMILES string of the molecule is O=c1cc(CN(Cc2ccccc2)Cc2ccccc2)nc2sc3c(n12)CCCC3. The second-order valence-electron chi connectivity index (χ2n) is 8.00. The molecule has 0 saturated carbocycles. The van der Waals surface area contributed by atoms with Gasteiger partial charge in [-0.05, 0) is 36.8 Å². The van der Waals surface area contributed by atoms with E-state index in [0.29, 0.717) is 6.54 Å². The molecule has 0 fully saturated rings. The molecule has 0 unspecified atom stereocenters. The molecule has 2 aromatic carbocycles. The standard InChI is InChI=1S/C25H25N3OS/c29-24-15-21(26-25-28(24)22-13-7-8-14-23(22)30-25)18-27(16-19-9-3-1-4-10-19)17-20-11-5-2-6-12-20/h1-6,9-12,15H,7-8,13-14,16-18H2. The summed E-state index contributed by atoms with van der Waals surface area (Å²) in [6.07, 6.45) is 4.44. The molecule has 0 N–H and O–H groups in total. The van der Waals surface area contributed by atoms with Crippen LogP contribution in [0.2, 0.25) is 0 Å². The lowest BCUT2D eigenvalue weighted by molar-refractivity contribution is 0.244. The molecule has 1 aliphatic rings. The van der Waals surface area contributed by atoms with Crippen LogP contribution in [0, 0.1) is 0 Å². The van der Waals surface area contributed by atoms with Gasteiger partial charge in [-0.2, -0.15) is 0 Å². The van der Waals surface area contributed by atoms with Crippen LogP contribution in [0.3, 0.4) is 0 Å². The highest BCUT2D eigenvalue weighted by Crippen LogP contribution is 2.28. The maximum absolute atomic E-state index is 12.9. The molecule has 4 aromatic rings. The minimum absolute atomic E-state index is 0.0637. The number of nitrogens with zero attached hydrogens (tertiary/aromatic N) is 3. The molecular weight excluding hydrogens is 390 g/mol. The fraction of sp³-hybridized carbons (Fsp3) is 0.280. The number of fused-ring (bicyclic) bond motifs is 3. The monoisotopic (exact) mass is 415 g/mol. The molecule has 4 nitrogen and oxygen atoms in total. The molecular formula is C25H25N3OS. The smallest absolute Gasteiger partial charge is 0.259 e. The van der Waals surface area contributed by atoms with Gasteiger partial charge in [0.2, 0.25) is 0 Å². The lowest BCUT2D eigenvalue weighted by Gasteiger charge is -2.22. The van der Waals surface area contributed by atoms with E-state index in [1.54, 1.807) is 17.4 Å². The van der Waals surface area contributed by atoms with Crippen molar-refractivity contribution in [3.8, 4) is 0 Å². The Kier molecular flexibility index (Phi) is 5.47. The Morgan fingerprint density at radius 1 is 0.867 bits per heavy atom. The maximum Gasteiger partial charge on any atom is 0.259 e. The first kappa shape index (κ1) is 19.2. The summed E-state index contributed by atoms with van der Waals surface area (Å²) in [5, 5.41) is 0. The van der Waals surface area contributed by atoms with E-state index in [2.05, 4.69) is 53.4 Å². The van der Waals surface area contributed by atoms with Gasteiger partial charge in [-0.15, -0.1) is 11.3 Å². The molecule has 0 spiro atoms. The molecule has 2 heterocycles. The zero-order valence-electron chi connectivity index (χ0n) is 17.0. The summed E-state index contributed by atoms with van der Waals surface area (Å²) in [7, 11) is 0. The van der Waals surface area contributed by atoms with Gasteiger partial charge in [0.25, 0.3) is 5.56 Å². The summed E-state index contributed by atoms with van der Waals surface area (Å²) < 4.78 is 1.85. The van der Waals surface area contributed by atoms with Gasteiger partial charge in [0.05, 0.1) is 5.69 Å². The lowest BCUT2D eigenvalue weighted by atomic mass is 10.0. The molecule has 0 aliphatic heterocycles. The summed E-state index contributed by atoms with van der Waals surface area (Å²) in [6.45, 7) is 2.29. The average molecular weight is 416 g/mol. The van der Waals surface area contributed by atoms with Crippen LogP contribution in [0.4, 0.5) is 0 Å². The fourth-order valence-corrected chi connectivity index (χ4v) is 5.54. The van der Waals surface area contributed by atoms with Crippen molar-refractivity contribution in [1.82, 2.24) is 14.3 Å². The average Bonchev–Trinajstić information content (AvgIpc) is 3.14. The molecule has 0 amide bonds. The highest BCUT2D eigenvalue weighted by molar-refractivity contribution is 7.17. The molecule has 5 heteroatoms. The number of hydrogen-bond donors (Lipinski definition) is 0. The van der Waals surface area contributed by atoms with Crippen molar-refractivity contribution in [2.45, 2.75) is 45.3 Å². The quantitative estimate of drug-likeness (QED) is 0.452. The van der Waals surface area contributed by atoms with Crippen molar-refractivity contribution in [3.63, 3.8) is 0 Å². The van der Waals surface area contributed by atoms with E-state index in [1.165, 1.54) is 28.1 Å². The van der Waals surface area contributed by atoms with Gasteiger partial charge in [-0.1, -0.05) is 60.7 Å². The fourth-order valence-electron chi connectivity index (χ4n) is 4.30. The van der Waals surface area contributed by atoms with E-state index in [-0.39, 0.29) is 5.56 Å². The number of aryl methyl sites for hydroxylation is 2. The summed E-state index contributed by atoms with van der Waals surface area (Å²) in [6, 6.07) is 22.7. The zero-order chi connectivity index (χ0) is 20.3. The predicted octanol–water partition coefficient (Wildman–Crippen LogP) is 4.84. The molecule has 30 heavy (non-hydrogen) atoms. The zero-order valence-corrected chi connectivity index (χ0v) is 17.8. The highest BCUT2D eigenvalue weighted by Gasteiger charge is 2.19. The van der Waals surface area contributed by atoms with E-state index in [1.807, 2.05) is 16.5 Å². The molecule has 1 aliphatic carbocycles. The molecule has 0 radical (unpaired) electrons. The van der Waals surface area contributed by atoms with E-state index in [4.69, 9.17) is 4.98 Å². The third-order valence-corrected chi connectivity index (χ3v) is 6.84. The van der Waals surface area contributed by atoms with Crippen LogP contribution in [0.15, 0.2) is 71.5 Å². The van der Waals surface area contributed by atoms with E-state index in [9.17, 15) is 4.79 Å². The van der Waals surface area contributed by atoms with Crippen molar-refractivity contribution in [1.29, 1.82) is 0 Å². The summed E-state index contributed by atoms with van der Waals surface area (Å²) in [5.74, 6) is 0. The van der Waals surface area contributed by atoms with E-state index >= 15 is 0 Å². The number of hydrogen-bond acceptors (Lipinski definition) is 4. The van der Waals surface area contributed by atoms with Crippen molar-refractivity contribution < 1.29 is 0 Å². The summed E-state index contributed by atoms with van der Waals surface area (Å²) in [5.41, 5.74) is 4.63. The van der Waals surface area contributed by atoms with E-state index in [0.717, 1.165) is 43.0 Å². The van der Waals surface area contributed by atoms with Crippen LogP contribution in [-0.2, 0) is 32.5 Å². The number of benzene rings is 2. The molecule has 2 aromatic heterocycles. The molecule has 5 rings (SSSR count). The Hall–Kier alpha value is -2.76. The maximum atomic E-state index is 12.9. The van der Waals surface area contributed by atoms with Gasteiger partial charge in [0.1, 0.15) is 0 Å².